The third-order valence-corrected chi connectivity index (χ3v) is 2.72. The third-order valence-electron chi connectivity index (χ3n) is 2.72. The van der Waals surface area contributed by atoms with E-state index in [4.69, 9.17) is 0 Å². The van der Waals surface area contributed by atoms with Gasteiger partial charge in [-0.25, -0.2) is 4.98 Å². The van der Waals surface area contributed by atoms with Crippen molar-refractivity contribution in [2.45, 2.75) is 20.4 Å². The number of aromatic nitrogens is 2. The van der Waals surface area contributed by atoms with Gasteiger partial charge < -0.3 is 9.88 Å². The zero-order valence-electron chi connectivity index (χ0n) is 10.2. The molecule has 0 saturated heterocycles. The molecule has 1 N–H and O–H groups in total. The quantitative estimate of drug-likeness (QED) is 0.851. The Hall–Kier alpha value is -1.35. The van der Waals surface area contributed by atoms with Crippen molar-refractivity contribution in [3.8, 4) is 0 Å². The van der Waals surface area contributed by atoms with E-state index < -0.39 is 0 Å². The molecule has 3 heteroatoms. The van der Waals surface area contributed by atoms with Crippen LogP contribution in [0.1, 0.15) is 19.7 Å². The number of rotatable bonds is 4. The fourth-order valence-corrected chi connectivity index (χ4v) is 1.83. The summed E-state index contributed by atoms with van der Waals surface area (Å²) in [6, 6.07) is 8.24. The van der Waals surface area contributed by atoms with Crippen molar-refractivity contribution in [1.29, 1.82) is 0 Å². The van der Waals surface area contributed by atoms with Crippen molar-refractivity contribution in [2.75, 3.05) is 6.54 Å². The molecule has 2 aromatic rings. The lowest BCUT2D eigenvalue weighted by Gasteiger charge is -2.07. The van der Waals surface area contributed by atoms with Crippen LogP contribution in [0.2, 0.25) is 0 Å². The predicted molar refractivity (Wildman–Crippen MR) is 67.3 cm³/mol. The molecule has 0 spiro atoms. The summed E-state index contributed by atoms with van der Waals surface area (Å²) in [6.07, 6.45) is 0. The Bertz CT molecular complexity index is 471. The van der Waals surface area contributed by atoms with E-state index in [1.807, 2.05) is 6.07 Å². The summed E-state index contributed by atoms with van der Waals surface area (Å²) in [4.78, 5) is 4.61. The molecule has 0 bridgehead atoms. The molecular formula is C13H19N3. The molecule has 2 rings (SSSR count). The minimum atomic E-state index is 0.676. The lowest BCUT2D eigenvalue weighted by molar-refractivity contribution is 0.538. The lowest BCUT2D eigenvalue weighted by atomic mass is 10.2. The van der Waals surface area contributed by atoms with Crippen molar-refractivity contribution in [3.63, 3.8) is 0 Å². The van der Waals surface area contributed by atoms with E-state index in [1.165, 1.54) is 5.52 Å². The molecule has 3 nitrogen and oxygen atoms in total. The molecule has 1 aromatic carbocycles. The Labute approximate surface area is 96.5 Å². The summed E-state index contributed by atoms with van der Waals surface area (Å²) in [5, 5.41) is 3.42. The molecule has 86 valence electrons. The SMILES string of the molecule is CC(C)CNCc1nc2ccccc2n1C. The van der Waals surface area contributed by atoms with Crippen molar-refractivity contribution in [1.82, 2.24) is 14.9 Å². The van der Waals surface area contributed by atoms with Gasteiger partial charge in [-0.1, -0.05) is 26.0 Å². The summed E-state index contributed by atoms with van der Waals surface area (Å²) in [5.74, 6) is 1.77. The second-order valence-corrected chi connectivity index (χ2v) is 4.60. The highest BCUT2D eigenvalue weighted by Gasteiger charge is 2.06. The van der Waals surface area contributed by atoms with E-state index in [0.29, 0.717) is 5.92 Å². The van der Waals surface area contributed by atoms with Crippen molar-refractivity contribution in [3.05, 3.63) is 30.1 Å². The molecule has 0 fully saturated rings. The predicted octanol–water partition coefficient (Wildman–Crippen LogP) is 2.32. The van der Waals surface area contributed by atoms with Gasteiger partial charge in [0.05, 0.1) is 17.6 Å². The van der Waals surface area contributed by atoms with Gasteiger partial charge in [0.1, 0.15) is 5.82 Å². The first-order valence-electron chi connectivity index (χ1n) is 5.79. The van der Waals surface area contributed by atoms with E-state index in [2.05, 4.69) is 54.0 Å². The molecule has 1 heterocycles. The number of benzene rings is 1. The van der Waals surface area contributed by atoms with Crippen LogP contribution in [0.5, 0.6) is 0 Å². The van der Waals surface area contributed by atoms with Crippen LogP contribution in [0.3, 0.4) is 0 Å². The number of nitrogens with one attached hydrogen (secondary N) is 1. The van der Waals surface area contributed by atoms with E-state index in [9.17, 15) is 0 Å². The van der Waals surface area contributed by atoms with Crippen LogP contribution >= 0.6 is 0 Å². The monoisotopic (exact) mass is 217 g/mol. The maximum atomic E-state index is 4.61. The number of hydrogen-bond donors (Lipinski definition) is 1. The van der Waals surface area contributed by atoms with Gasteiger partial charge in [-0.05, 0) is 24.6 Å². The Kier molecular flexibility index (Phi) is 3.25. The number of imidazole rings is 1. The first-order valence-corrected chi connectivity index (χ1v) is 5.79. The van der Waals surface area contributed by atoms with Crippen LogP contribution in [0.25, 0.3) is 11.0 Å². The van der Waals surface area contributed by atoms with Gasteiger partial charge in [0.2, 0.25) is 0 Å². The molecule has 0 aliphatic heterocycles. The highest BCUT2D eigenvalue weighted by Crippen LogP contribution is 2.13. The highest BCUT2D eigenvalue weighted by molar-refractivity contribution is 5.75. The minimum Gasteiger partial charge on any atom is -0.330 e. The molecular weight excluding hydrogens is 198 g/mol. The van der Waals surface area contributed by atoms with Crippen LogP contribution < -0.4 is 5.32 Å². The zero-order chi connectivity index (χ0) is 11.5. The maximum absolute atomic E-state index is 4.61. The Morgan fingerprint density at radius 2 is 2.06 bits per heavy atom. The molecule has 1 aromatic heterocycles. The maximum Gasteiger partial charge on any atom is 0.123 e. The van der Waals surface area contributed by atoms with Crippen molar-refractivity contribution >= 4 is 11.0 Å². The molecule has 0 aliphatic rings. The number of para-hydroxylation sites is 2. The topological polar surface area (TPSA) is 29.9 Å². The minimum absolute atomic E-state index is 0.676. The highest BCUT2D eigenvalue weighted by atomic mass is 15.1. The van der Waals surface area contributed by atoms with Gasteiger partial charge in [0.15, 0.2) is 0 Å². The van der Waals surface area contributed by atoms with Crippen LogP contribution in [0.4, 0.5) is 0 Å². The average molecular weight is 217 g/mol. The molecule has 0 radical (unpaired) electrons. The smallest absolute Gasteiger partial charge is 0.123 e. The summed E-state index contributed by atoms with van der Waals surface area (Å²) in [7, 11) is 2.07. The van der Waals surface area contributed by atoms with Crippen LogP contribution in [-0.2, 0) is 13.6 Å². The number of fused-ring (bicyclic) bond motifs is 1. The summed E-state index contributed by atoms with van der Waals surface area (Å²) in [5.41, 5.74) is 2.27. The largest absolute Gasteiger partial charge is 0.330 e. The molecule has 16 heavy (non-hydrogen) atoms. The summed E-state index contributed by atoms with van der Waals surface area (Å²) >= 11 is 0. The Balaban J connectivity index is 2.15. The van der Waals surface area contributed by atoms with Crippen molar-refractivity contribution < 1.29 is 0 Å². The number of aryl methyl sites for hydroxylation is 1. The fourth-order valence-electron chi connectivity index (χ4n) is 1.83. The number of hydrogen-bond acceptors (Lipinski definition) is 2. The third kappa shape index (κ3) is 2.25. The van der Waals surface area contributed by atoms with Gasteiger partial charge in [-0.15, -0.1) is 0 Å². The first-order chi connectivity index (χ1) is 7.68. The Morgan fingerprint density at radius 3 is 2.75 bits per heavy atom. The van der Waals surface area contributed by atoms with Gasteiger partial charge in [-0.3, -0.25) is 0 Å². The molecule has 0 amide bonds. The molecule has 0 atom stereocenters. The van der Waals surface area contributed by atoms with Gasteiger partial charge in [0.25, 0.3) is 0 Å². The lowest BCUT2D eigenvalue weighted by Crippen LogP contribution is -2.20. The first kappa shape index (κ1) is 11.1. The normalized spacial score (nSPS) is 11.5. The van der Waals surface area contributed by atoms with Crippen molar-refractivity contribution in [2.24, 2.45) is 13.0 Å². The van der Waals surface area contributed by atoms with E-state index in [1.54, 1.807) is 0 Å². The van der Waals surface area contributed by atoms with E-state index >= 15 is 0 Å². The number of nitrogens with zero attached hydrogens (tertiary/aromatic N) is 2. The summed E-state index contributed by atoms with van der Waals surface area (Å²) in [6.45, 7) is 6.29. The average Bonchev–Trinajstić information content (AvgIpc) is 2.56. The van der Waals surface area contributed by atoms with Crippen LogP contribution in [0, 0.1) is 5.92 Å². The second-order valence-electron chi connectivity index (χ2n) is 4.60. The van der Waals surface area contributed by atoms with Crippen LogP contribution in [0.15, 0.2) is 24.3 Å². The van der Waals surface area contributed by atoms with E-state index in [-0.39, 0.29) is 0 Å². The van der Waals surface area contributed by atoms with Crippen LogP contribution in [-0.4, -0.2) is 16.1 Å². The van der Waals surface area contributed by atoms with Gasteiger partial charge in [-0.2, -0.15) is 0 Å². The molecule has 0 saturated carbocycles. The Morgan fingerprint density at radius 1 is 1.31 bits per heavy atom. The molecule has 0 unspecified atom stereocenters. The van der Waals surface area contributed by atoms with Gasteiger partial charge >= 0.3 is 0 Å². The van der Waals surface area contributed by atoms with E-state index in [0.717, 1.165) is 24.4 Å². The summed E-state index contributed by atoms with van der Waals surface area (Å²) < 4.78 is 2.16. The van der Waals surface area contributed by atoms with Gasteiger partial charge in [0, 0.05) is 7.05 Å². The molecule has 0 aliphatic carbocycles. The second kappa shape index (κ2) is 4.66. The fraction of sp³-hybridized carbons (Fsp3) is 0.462. The zero-order valence-corrected chi connectivity index (χ0v) is 10.2. The standard InChI is InChI=1S/C13H19N3/c1-10(2)8-14-9-13-15-11-6-4-5-7-12(11)16(13)3/h4-7,10,14H,8-9H2,1-3H3.